The van der Waals surface area contributed by atoms with Gasteiger partial charge in [0.1, 0.15) is 0 Å². The maximum absolute atomic E-state index is 11.8. The van der Waals surface area contributed by atoms with Crippen molar-refractivity contribution in [3.63, 3.8) is 0 Å². The highest BCUT2D eigenvalue weighted by atomic mass is 16.1. The molecule has 0 aliphatic rings. The van der Waals surface area contributed by atoms with Crippen LogP contribution in [0.15, 0.2) is 12.4 Å². The van der Waals surface area contributed by atoms with Crippen LogP contribution < -0.4 is 5.73 Å². The Hall–Kier alpha value is -1.16. The normalized spacial score (nSPS) is 12.7. The summed E-state index contributed by atoms with van der Waals surface area (Å²) >= 11 is 0. The SMILES string of the molecule is CCC(CCN)CCC(=O)c1cnn(C)c1. The van der Waals surface area contributed by atoms with E-state index in [1.807, 2.05) is 7.05 Å². The van der Waals surface area contributed by atoms with Gasteiger partial charge >= 0.3 is 0 Å². The van der Waals surface area contributed by atoms with Crippen molar-refractivity contribution in [1.29, 1.82) is 0 Å². The Balaban J connectivity index is 2.40. The summed E-state index contributed by atoms with van der Waals surface area (Å²) in [5.41, 5.74) is 6.24. The van der Waals surface area contributed by atoms with Crippen LogP contribution >= 0.6 is 0 Å². The Kier molecular flexibility index (Phi) is 5.19. The van der Waals surface area contributed by atoms with Crippen molar-refractivity contribution >= 4 is 5.78 Å². The zero-order chi connectivity index (χ0) is 12.0. The largest absolute Gasteiger partial charge is 0.330 e. The number of ketones is 1. The number of carbonyl (C=O) groups excluding carboxylic acids is 1. The number of carbonyl (C=O) groups is 1. The second-order valence-electron chi connectivity index (χ2n) is 4.22. The van der Waals surface area contributed by atoms with Gasteiger partial charge in [-0.05, 0) is 25.3 Å². The average molecular weight is 223 g/mol. The highest BCUT2D eigenvalue weighted by Gasteiger charge is 2.11. The third-order valence-electron chi connectivity index (χ3n) is 2.96. The molecule has 4 heteroatoms. The van der Waals surface area contributed by atoms with Gasteiger partial charge in [0.15, 0.2) is 5.78 Å². The summed E-state index contributed by atoms with van der Waals surface area (Å²) in [6.07, 6.45) is 7.04. The molecule has 2 N–H and O–H groups in total. The van der Waals surface area contributed by atoms with Gasteiger partial charge in [-0.3, -0.25) is 9.48 Å². The first kappa shape index (κ1) is 12.9. The van der Waals surface area contributed by atoms with E-state index in [-0.39, 0.29) is 5.78 Å². The summed E-state index contributed by atoms with van der Waals surface area (Å²) < 4.78 is 1.66. The van der Waals surface area contributed by atoms with Gasteiger partial charge in [-0.15, -0.1) is 0 Å². The average Bonchev–Trinajstić information content (AvgIpc) is 2.70. The lowest BCUT2D eigenvalue weighted by Gasteiger charge is -2.12. The standard InChI is InChI=1S/C12H21N3O/c1-3-10(6-7-13)4-5-12(16)11-8-14-15(2)9-11/h8-10H,3-7,13H2,1-2H3. The number of hydrogen-bond donors (Lipinski definition) is 1. The van der Waals surface area contributed by atoms with Crippen LogP contribution in [0.2, 0.25) is 0 Å². The van der Waals surface area contributed by atoms with Gasteiger partial charge in [0.05, 0.1) is 11.8 Å². The van der Waals surface area contributed by atoms with Crippen LogP contribution in [0, 0.1) is 5.92 Å². The van der Waals surface area contributed by atoms with Crippen molar-refractivity contribution < 1.29 is 4.79 Å². The molecule has 1 aromatic rings. The second-order valence-corrected chi connectivity index (χ2v) is 4.22. The van der Waals surface area contributed by atoms with Crippen LogP contribution in [0.3, 0.4) is 0 Å². The van der Waals surface area contributed by atoms with E-state index in [9.17, 15) is 4.79 Å². The quantitative estimate of drug-likeness (QED) is 0.716. The fourth-order valence-corrected chi connectivity index (χ4v) is 1.83. The first-order valence-electron chi connectivity index (χ1n) is 5.89. The van der Waals surface area contributed by atoms with Crippen LogP contribution in [0.5, 0.6) is 0 Å². The molecule has 0 spiro atoms. The van der Waals surface area contributed by atoms with Gasteiger partial charge in [0.2, 0.25) is 0 Å². The van der Waals surface area contributed by atoms with Gasteiger partial charge in [-0.2, -0.15) is 5.10 Å². The minimum Gasteiger partial charge on any atom is -0.330 e. The van der Waals surface area contributed by atoms with Gasteiger partial charge in [0.25, 0.3) is 0 Å². The topological polar surface area (TPSA) is 60.9 Å². The summed E-state index contributed by atoms with van der Waals surface area (Å²) in [7, 11) is 1.82. The Labute approximate surface area is 96.8 Å². The van der Waals surface area contributed by atoms with E-state index in [0.29, 0.717) is 24.4 Å². The van der Waals surface area contributed by atoms with Crippen molar-refractivity contribution in [2.24, 2.45) is 18.7 Å². The monoisotopic (exact) mass is 223 g/mol. The van der Waals surface area contributed by atoms with Crippen molar-refractivity contribution in [2.45, 2.75) is 32.6 Å². The fourth-order valence-electron chi connectivity index (χ4n) is 1.83. The molecular weight excluding hydrogens is 202 g/mol. The van der Waals surface area contributed by atoms with E-state index in [4.69, 9.17) is 5.73 Å². The second kappa shape index (κ2) is 6.43. The van der Waals surface area contributed by atoms with Crippen molar-refractivity contribution in [2.75, 3.05) is 6.54 Å². The molecule has 0 saturated heterocycles. The van der Waals surface area contributed by atoms with E-state index in [0.717, 1.165) is 19.3 Å². The first-order chi connectivity index (χ1) is 7.67. The first-order valence-corrected chi connectivity index (χ1v) is 5.89. The van der Waals surface area contributed by atoms with Crippen molar-refractivity contribution in [1.82, 2.24) is 9.78 Å². The van der Waals surface area contributed by atoms with E-state index >= 15 is 0 Å². The molecule has 0 aliphatic heterocycles. The summed E-state index contributed by atoms with van der Waals surface area (Å²) in [4.78, 5) is 11.8. The van der Waals surface area contributed by atoms with Crippen molar-refractivity contribution in [3.05, 3.63) is 18.0 Å². The van der Waals surface area contributed by atoms with Crippen molar-refractivity contribution in [3.8, 4) is 0 Å². The number of hydrogen-bond acceptors (Lipinski definition) is 3. The molecule has 1 rings (SSSR count). The van der Waals surface area contributed by atoms with Gasteiger partial charge in [-0.25, -0.2) is 0 Å². The molecule has 0 aliphatic carbocycles. The minimum absolute atomic E-state index is 0.184. The van der Waals surface area contributed by atoms with Gasteiger partial charge < -0.3 is 5.73 Å². The zero-order valence-corrected chi connectivity index (χ0v) is 10.1. The molecule has 0 saturated carbocycles. The number of nitrogens with two attached hydrogens (primary N) is 1. The number of rotatable bonds is 7. The summed E-state index contributed by atoms with van der Waals surface area (Å²) in [6.45, 7) is 2.86. The molecule has 1 aromatic heterocycles. The van der Waals surface area contributed by atoms with Gasteiger partial charge in [0, 0.05) is 19.7 Å². The number of Topliss-reactive ketones (excluding diaryl/α,β-unsaturated/α-hetero) is 1. The lowest BCUT2D eigenvalue weighted by atomic mass is 9.94. The number of nitrogens with zero attached hydrogens (tertiary/aromatic N) is 2. The van der Waals surface area contributed by atoms with E-state index in [2.05, 4.69) is 12.0 Å². The lowest BCUT2D eigenvalue weighted by molar-refractivity contribution is 0.0972. The summed E-state index contributed by atoms with van der Waals surface area (Å²) in [6, 6.07) is 0. The molecule has 1 atom stereocenters. The molecule has 1 unspecified atom stereocenters. The highest BCUT2D eigenvalue weighted by molar-refractivity contribution is 5.95. The zero-order valence-electron chi connectivity index (χ0n) is 10.1. The molecule has 1 heterocycles. The molecule has 0 aromatic carbocycles. The molecule has 0 fully saturated rings. The molecule has 0 bridgehead atoms. The van der Waals surface area contributed by atoms with E-state index < -0.39 is 0 Å². The molecular formula is C12H21N3O. The maximum Gasteiger partial charge on any atom is 0.166 e. The van der Waals surface area contributed by atoms with Crippen LogP contribution in [0.4, 0.5) is 0 Å². The molecule has 90 valence electrons. The summed E-state index contributed by atoms with van der Waals surface area (Å²) in [5.74, 6) is 0.759. The number of aryl methyl sites for hydroxylation is 1. The minimum atomic E-state index is 0.184. The highest BCUT2D eigenvalue weighted by Crippen LogP contribution is 2.16. The predicted molar refractivity (Wildman–Crippen MR) is 64.2 cm³/mol. The third kappa shape index (κ3) is 3.77. The Bertz CT molecular complexity index is 333. The Morgan fingerprint density at radius 3 is 2.81 bits per heavy atom. The summed E-state index contributed by atoms with van der Waals surface area (Å²) in [5, 5.41) is 4.00. The van der Waals surface area contributed by atoms with E-state index in [1.165, 1.54) is 0 Å². The molecule has 4 nitrogen and oxygen atoms in total. The molecule has 0 amide bonds. The fraction of sp³-hybridized carbons (Fsp3) is 0.667. The molecule has 0 radical (unpaired) electrons. The lowest BCUT2D eigenvalue weighted by Crippen LogP contribution is -2.10. The van der Waals surface area contributed by atoms with Gasteiger partial charge in [-0.1, -0.05) is 13.3 Å². The smallest absolute Gasteiger partial charge is 0.166 e. The Morgan fingerprint density at radius 2 is 2.31 bits per heavy atom. The predicted octanol–water partition coefficient (Wildman–Crippen LogP) is 1.76. The van der Waals surface area contributed by atoms with E-state index in [1.54, 1.807) is 17.1 Å². The number of aromatic nitrogens is 2. The maximum atomic E-state index is 11.8. The van der Waals surface area contributed by atoms with Crippen LogP contribution in [-0.4, -0.2) is 22.1 Å². The Morgan fingerprint density at radius 1 is 1.56 bits per heavy atom. The van der Waals surface area contributed by atoms with Crippen LogP contribution in [-0.2, 0) is 7.05 Å². The van der Waals surface area contributed by atoms with Crippen LogP contribution in [0.1, 0.15) is 43.0 Å². The third-order valence-corrected chi connectivity index (χ3v) is 2.96. The van der Waals surface area contributed by atoms with Crippen LogP contribution in [0.25, 0.3) is 0 Å². The molecule has 16 heavy (non-hydrogen) atoms.